The predicted octanol–water partition coefficient (Wildman–Crippen LogP) is 2.61. The van der Waals surface area contributed by atoms with E-state index < -0.39 is 46.0 Å². The smallest absolute Gasteiger partial charge is 0.344 e. The van der Waals surface area contributed by atoms with Crippen molar-refractivity contribution >= 4 is 17.7 Å². The van der Waals surface area contributed by atoms with E-state index in [9.17, 15) is 24.3 Å². The lowest BCUT2D eigenvalue weighted by molar-refractivity contribution is -0.192. The molecular formula is C31H44N4O6. The summed E-state index contributed by atoms with van der Waals surface area (Å²) in [5.74, 6) is -1.43. The molecule has 3 aliphatic carbocycles. The van der Waals surface area contributed by atoms with Gasteiger partial charge in [0.1, 0.15) is 17.5 Å². The van der Waals surface area contributed by atoms with Gasteiger partial charge in [0.05, 0.1) is 18.3 Å². The minimum absolute atomic E-state index is 0.0637. The molecule has 1 amide bonds. The average Bonchev–Trinajstić information content (AvgIpc) is 3.62. The van der Waals surface area contributed by atoms with Gasteiger partial charge in [-0.15, -0.1) is 11.4 Å². The van der Waals surface area contributed by atoms with Gasteiger partial charge >= 0.3 is 11.5 Å². The fourth-order valence-corrected chi connectivity index (χ4v) is 8.68. The average molecular weight is 569 g/mol. The lowest BCUT2D eigenvalue weighted by atomic mass is 9.44. The number of aromatic nitrogens is 2. The van der Waals surface area contributed by atoms with Crippen LogP contribution in [0, 0.1) is 34.0 Å². The standard InChI is InChI=1S/C31H44N4O6/c1-7-29(4)17-23(30(5)18(2)10-13-31(19(3)25(29)37)14-11-22(36)24(30)31)41-28(40)20-12-16-33-35(26(20)38)34(6)27(39)21-9-8-15-32-21/h7,12,16,18-19,21,23-25,32,37H,1,8-11,13-15,17H2,2-6H3/t18-,19+,21?,23-,24?,25+,29-,30+,31+/m1/s1. The van der Waals surface area contributed by atoms with Gasteiger partial charge in [0.15, 0.2) is 0 Å². The van der Waals surface area contributed by atoms with Crippen LogP contribution in [0.3, 0.4) is 0 Å². The summed E-state index contributed by atoms with van der Waals surface area (Å²) in [6.45, 7) is 12.9. The van der Waals surface area contributed by atoms with Gasteiger partial charge in [-0.3, -0.25) is 14.4 Å². The van der Waals surface area contributed by atoms with Crippen molar-refractivity contribution in [1.29, 1.82) is 0 Å². The second-order valence-corrected chi connectivity index (χ2v) is 13.4. The molecular weight excluding hydrogens is 524 g/mol. The SMILES string of the molecule is C=C[C@]1(C)C[C@@H](OC(=O)c2ccnn(N(C)C(=O)C3CCCN3)c2=O)[C@@]2(C)C3C(=O)CC[C@@]3(CC[C@H]2C)[C@@H](C)[C@@H]1O. The van der Waals surface area contributed by atoms with Crippen LogP contribution in [0.4, 0.5) is 0 Å². The molecule has 4 aliphatic rings. The maximum atomic E-state index is 13.8. The quantitative estimate of drug-likeness (QED) is 0.410. The highest BCUT2D eigenvalue weighted by molar-refractivity contribution is 5.91. The Bertz CT molecular complexity index is 1310. The van der Waals surface area contributed by atoms with Gasteiger partial charge in [-0.05, 0) is 68.4 Å². The van der Waals surface area contributed by atoms with Crippen LogP contribution in [0.5, 0.6) is 0 Å². The minimum atomic E-state index is -0.833. The number of hydrogen-bond donors (Lipinski definition) is 2. The summed E-state index contributed by atoms with van der Waals surface area (Å²) < 4.78 is 6.28. The highest BCUT2D eigenvalue weighted by Crippen LogP contribution is 2.68. The summed E-state index contributed by atoms with van der Waals surface area (Å²) in [5.41, 5.74) is -2.89. The molecule has 1 aromatic heterocycles. The molecule has 1 saturated heterocycles. The van der Waals surface area contributed by atoms with Crippen molar-refractivity contribution < 1.29 is 24.2 Å². The summed E-state index contributed by atoms with van der Waals surface area (Å²) in [6.07, 6.45) is 6.11. The van der Waals surface area contributed by atoms with Crippen molar-refractivity contribution in [2.45, 2.75) is 90.9 Å². The normalized spacial score (nSPS) is 40.3. The third-order valence-electron chi connectivity index (χ3n) is 11.6. The first-order valence-corrected chi connectivity index (χ1v) is 15.0. The Hall–Kier alpha value is -2.85. The second kappa shape index (κ2) is 10.5. The zero-order valence-corrected chi connectivity index (χ0v) is 24.9. The Kier molecular flexibility index (Phi) is 7.56. The maximum absolute atomic E-state index is 13.8. The molecule has 10 nitrogen and oxygen atoms in total. The molecule has 5 rings (SSSR count). The number of carbonyl (C=O) groups is 3. The van der Waals surface area contributed by atoms with Gasteiger partial charge < -0.3 is 15.2 Å². The minimum Gasteiger partial charge on any atom is -0.458 e. The van der Waals surface area contributed by atoms with Crippen LogP contribution in [0.1, 0.15) is 83.0 Å². The predicted molar refractivity (Wildman–Crippen MR) is 153 cm³/mol. The van der Waals surface area contributed by atoms with E-state index in [2.05, 4.69) is 37.8 Å². The number of likely N-dealkylation sites (N-methyl/N-ethyl adjacent to an activating group) is 1. The molecule has 0 spiro atoms. The van der Waals surface area contributed by atoms with E-state index in [1.54, 1.807) is 6.08 Å². The van der Waals surface area contributed by atoms with Crippen molar-refractivity contribution in [2.24, 2.45) is 34.0 Å². The van der Waals surface area contributed by atoms with Crippen LogP contribution >= 0.6 is 0 Å². The zero-order valence-electron chi connectivity index (χ0n) is 24.9. The van der Waals surface area contributed by atoms with E-state index in [1.807, 2.05) is 6.92 Å². The first-order valence-electron chi connectivity index (χ1n) is 15.0. The Morgan fingerprint density at radius 3 is 2.63 bits per heavy atom. The molecule has 2 heterocycles. The Morgan fingerprint density at radius 1 is 1.24 bits per heavy atom. The number of esters is 1. The summed E-state index contributed by atoms with van der Waals surface area (Å²) in [7, 11) is 1.45. The van der Waals surface area contributed by atoms with Crippen LogP contribution < -0.4 is 15.9 Å². The van der Waals surface area contributed by atoms with Gasteiger partial charge in [0.2, 0.25) is 0 Å². The number of aliphatic hydroxyl groups is 1. The molecule has 0 radical (unpaired) electrons. The molecule has 1 aliphatic heterocycles. The second-order valence-electron chi connectivity index (χ2n) is 13.4. The number of Topliss-reactive ketones (excluding diaryl/α,β-unsaturated/α-hetero) is 1. The Morgan fingerprint density at radius 2 is 1.98 bits per heavy atom. The fourth-order valence-electron chi connectivity index (χ4n) is 8.68. The monoisotopic (exact) mass is 568 g/mol. The van der Waals surface area contributed by atoms with E-state index in [0.717, 1.165) is 35.6 Å². The Balaban J connectivity index is 1.53. The summed E-state index contributed by atoms with van der Waals surface area (Å²) in [4.78, 5) is 54.7. The van der Waals surface area contributed by atoms with Crippen LogP contribution in [0.25, 0.3) is 0 Å². The zero-order chi connectivity index (χ0) is 29.9. The topological polar surface area (TPSA) is 131 Å². The summed E-state index contributed by atoms with van der Waals surface area (Å²) in [6, 6.07) is 0.888. The van der Waals surface area contributed by atoms with Crippen LogP contribution in [0.2, 0.25) is 0 Å². The van der Waals surface area contributed by atoms with Gasteiger partial charge in [-0.1, -0.05) is 33.8 Å². The van der Waals surface area contributed by atoms with Gasteiger partial charge in [0.25, 0.3) is 5.91 Å². The molecule has 0 aromatic carbocycles. The van der Waals surface area contributed by atoms with Gasteiger partial charge in [0, 0.05) is 30.2 Å². The maximum Gasteiger partial charge on any atom is 0.344 e. The number of nitrogens with one attached hydrogen (secondary N) is 1. The molecule has 4 fully saturated rings. The molecule has 1 aromatic rings. The number of amides is 1. The van der Waals surface area contributed by atoms with E-state index >= 15 is 0 Å². The molecule has 3 saturated carbocycles. The summed E-state index contributed by atoms with van der Waals surface area (Å²) >= 11 is 0. The summed E-state index contributed by atoms with van der Waals surface area (Å²) in [5, 5.41) is 20.0. The number of ketones is 1. The fraction of sp³-hybridized carbons (Fsp3) is 0.710. The van der Waals surface area contributed by atoms with Crippen molar-refractivity contribution in [3.63, 3.8) is 0 Å². The van der Waals surface area contributed by atoms with Crippen LogP contribution in [0.15, 0.2) is 29.7 Å². The third-order valence-corrected chi connectivity index (χ3v) is 11.6. The first-order chi connectivity index (χ1) is 19.3. The lowest BCUT2D eigenvalue weighted by Crippen LogP contribution is -2.63. The molecule has 2 unspecified atom stereocenters. The van der Waals surface area contributed by atoms with E-state index in [4.69, 9.17) is 4.74 Å². The largest absolute Gasteiger partial charge is 0.458 e. The molecule has 41 heavy (non-hydrogen) atoms. The Labute approximate surface area is 241 Å². The van der Waals surface area contributed by atoms with Crippen molar-refractivity contribution in [3.05, 3.63) is 40.8 Å². The van der Waals surface area contributed by atoms with Gasteiger partial charge in [-0.25, -0.2) is 9.80 Å². The number of ether oxygens (including phenoxy) is 1. The highest BCUT2D eigenvalue weighted by Gasteiger charge is 2.68. The van der Waals surface area contributed by atoms with E-state index in [0.29, 0.717) is 19.3 Å². The number of hydrogen-bond acceptors (Lipinski definition) is 8. The van der Waals surface area contributed by atoms with Crippen molar-refractivity contribution in [3.8, 4) is 0 Å². The van der Waals surface area contributed by atoms with Crippen molar-refractivity contribution in [2.75, 3.05) is 18.6 Å². The molecule has 9 atom stereocenters. The van der Waals surface area contributed by atoms with Crippen LogP contribution in [-0.4, -0.2) is 64.5 Å². The first kappa shape index (κ1) is 29.6. The number of nitrogens with zero attached hydrogens (tertiary/aromatic N) is 3. The van der Waals surface area contributed by atoms with E-state index in [1.165, 1.54) is 19.3 Å². The lowest BCUT2D eigenvalue weighted by Gasteiger charge is -2.61. The highest BCUT2D eigenvalue weighted by atomic mass is 16.5. The van der Waals surface area contributed by atoms with Crippen LogP contribution in [-0.2, 0) is 14.3 Å². The van der Waals surface area contributed by atoms with Crippen molar-refractivity contribution in [1.82, 2.24) is 15.2 Å². The van der Waals surface area contributed by atoms with E-state index in [-0.39, 0.29) is 41.4 Å². The number of aliphatic hydroxyl groups excluding tert-OH is 1. The van der Waals surface area contributed by atoms with Gasteiger partial charge in [-0.2, -0.15) is 5.10 Å². The molecule has 10 heteroatoms. The number of carbonyl (C=O) groups excluding carboxylic acids is 3. The number of rotatable bonds is 5. The third kappa shape index (κ3) is 4.40. The molecule has 2 bridgehead atoms. The molecule has 224 valence electrons. The molecule has 2 N–H and O–H groups in total.